The number of rotatable bonds is 6. The second-order valence-electron chi connectivity index (χ2n) is 6.72. The summed E-state index contributed by atoms with van der Waals surface area (Å²) in [7, 11) is 0. The first-order chi connectivity index (χ1) is 12.1. The molecule has 0 radical (unpaired) electrons. The summed E-state index contributed by atoms with van der Waals surface area (Å²) in [4.78, 5) is 17.9. The van der Waals surface area contributed by atoms with Gasteiger partial charge in [-0.3, -0.25) is 9.69 Å². The van der Waals surface area contributed by atoms with Crippen molar-refractivity contribution >= 4 is 5.91 Å². The molecule has 1 aliphatic heterocycles. The Bertz CT molecular complexity index is 688. The molecule has 0 spiro atoms. The van der Waals surface area contributed by atoms with Crippen LogP contribution in [-0.2, 0) is 17.8 Å². The number of nitrogens with zero attached hydrogens (tertiary/aromatic N) is 3. The van der Waals surface area contributed by atoms with E-state index < -0.39 is 0 Å². The maximum Gasteiger partial charge on any atom is 0.241 e. The summed E-state index contributed by atoms with van der Waals surface area (Å²) in [5.74, 6) is 1.93. The lowest BCUT2D eigenvalue weighted by Crippen LogP contribution is -2.37. The van der Waals surface area contributed by atoms with Gasteiger partial charge in [-0.05, 0) is 43.8 Å². The number of hydrogen-bond acceptors (Lipinski definition) is 5. The summed E-state index contributed by atoms with van der Waals surface area (Å²) in [5, 5.41) is 7.02. The number of carbonyl (C=O) groups is 1. The Morgan fingerprint density at radius 1 is 1.28 bits per heavy atom. The van der Waals surface area contributed by atoms with Gasteiger partial charge in [-0.15, -0.1) is 0 Å². The van der Waals surface area contributed by atoms with E-state index >= 15 is 0 Å². The average Bonchev–Trinajstić information content (AvgIpc) is 3.09. The molecule has 1 amide bonds. The standard InChI is InChI=1S/C19H26N4O2/c1-3-15-4-6-17(7-5-15)19-21-18(25-22-19)13-23-10-8-16(9-11-23)12-20-14(2)24/h4-7,16H,3,8-13H2,1-2H3,(H,20,24). The van der Waals surface area contributed by atoms with Crippen molar-refractivity contribution in [2.45, 2.75) is 39.7 Å². The van der Waals surface area contributed by atoms with Gasteiger partial charge in [-0.2, -0.15) is 4.98 Å². The molecule has 1 aromatic carbocycles. The van der Waals surface area contributed by atoms with Crippen molar-refractivity contribution in [2.24, 2.45) is 5.92 Å². The molecule has 1 saturated heterocycles. The highest BCUT2D eigenvalue weighted by atomic mass is 16.5. The van der Waals surface area contributed by atoms with Gasteiger partial charge in [-0.25, -0.2) is 0 Å². The van der Waals surface area contributed by atoms with E-state index in [4.69, 9.17) is 4.52 Å². The van der Waals surface area contributed by atoms with Crippen LogP contribution in [0.5, 0.6) is 0 Å². The van der Waals surface area contributed by atoms with Crippen LogP contribution in [0.4, 0.5) is 0 Å². The van der Waals surface area contributed by atoms with E-state index in [0.717, 1.165) is 44.5 Å². The highest BCUT2D eigenvalue weighted by molar-refractivity contribution is 5.72. The second kappa shape index (κ2) is 8.25. The summed E-state index contributed by atoms with van der Waals surface area (Å²) >= 11 is 0. The van der Waals surface area contributed by atoms with Gasteiger partial charge in [0, 0.05) is 19.0 Å². The minimum absolute atomic E-state index is 0.0489. The zero-order chi connectivity index (χ0) is 17.6. The van der Waals surface area contributed by atoms with Crippen molar-refractivity contribution < 1.29 is 9.32 Å². The number of piperidine rings is 1. The van der Waals surface area contributed by atoms with Crippen LogP contribution in [-0.4, -0.2) is 40.6 Å². The smallest absolute Gasteiger partial charge is 0.241 e. The molecule has 6 nitrogen and oxygen atoms in total. The summed E-state index contributed by atoms with van der Waals surface area (Å²) in [6, 6.07) is 8.29. The van der Waals surface area contributed by atoms with E-state index in [1.807, 2.05) is 12.1 Å². The van der Waals surface area contributed by atoms with Crippen molar-refractivity contribution in [3.63, 3.8) is 0 Å². The summed E-state index contributed by atoms with van der Waals surface area (Å²) in [6.07, 6.45) is 3.19. The number of carbonyl (C=O) groups excluding carboxylic acids is 1. The summed E-state index contributed by atoms with van der Waals surface area (Å²) < 4.78 is 5.42. The molecule has 0 unspecified atom stereocenters. The highest BCUT2D eigenvalue weighted by Gasteiger charge is 2.21. The van der Waals surface area contributed by atoms with Crippen LogP contribution in [0.1, 0.15) is 38.1 Å². The first-order valence-corrected chi connectivity index (χ1v) is 9.02. The third-order valence-corrected chi connectivity index (χ3v) is 4.79. The predicted octanol–water partition coefficient (Wildman–Crippen LogP) is 2.65. The first-order valence-electron chi connectivity index (χ1n) is 9.02. The van der Waals surface area contributed by atoms with Gasteiger partial charge >= 0.3 is 0 Å². The number of likely N-dealkylation sites (tertiary alicyclic amines) is 1. The maximum atomic E-state index is 11.0. The summed E-state index contributed by atoms with van der Waals surface area (Å²) in [5.41, 5.74) is 2.29. The van der Waals surface area contributed by atoms with Gasteiger partial charge < -0.3 is 9.84 Å². The van der Waals surface area contributed by atoms with Crippen LogP contribution in [0.15, 0.2) is 28.8 Å². The molecule has 0 aliphatic carbocycles. The lowest BCUT2D eigenvalue weighted by molar-refractivity contribution is -0.119. The fourth-order valence-electron chi connectivity index (χ4n) is 3.15. The molecule has 6 heteroatoms. The number of nitrogens with one attached hydrogen (secondary N) is 1. The number of hydrogen-bond donors (Lipinski definition) is 1. The van der Waals surface area contributed by atoms with Gasteiger partial charge in [-0.1, -0.05) is 36.3 Å². The molecule has 0 atom stereocenters. The Kier molecular flexibility index (Phi) is 5.81. The molecule has 25 heavy (non-hydrogen) atoms. The molecule has 134 valence electrons. The summed E-state index contributed by atoms with van der Waals surface area (Å²) in [6.45, 7) is 7.16. The van der Waals surface area contributed by atoms with Gasteiger partial charge in [0.25, 0.3) is 0 Å². The molecule has 1 N–H and O–H groups in total. The largest absolute Gasteiger partial charge is 0.356 e. The molecular weight excluding hydrogens is 316 g/mol. The van der Waals surface area contributed by atoms with E-state index in [0.29, 0.717) is 24.2 Å². The van der Waals surface area contributed by atoms with Gasteiger partial charge in [0.2, 0.25) is 17.6 Å². The van der Waals surface area contributed by atoms with Crippen molar-refractivity contribution in [3.8, 4) is 11.4 Å². The SMILES string of the molecule is CCc1ccc(-c2noc(CN3CCC(CNC(C)=O)CC3)n2)cc1. The van der Waals surface area contributed by atoms with Gasteiger partial charge in [0.05, 0.1) is 6.54 Å². The Labute approximate surface area is 148 Å². The van der Waals surface area contributed by atoms with Crippen molar-refractivity contribution in [2.75, 3.05) is 19.6 Å². The van der Waals surface area contributed by atoms with Crippen LogP contribution >= 0.6 is 0 Å². The fourth-order valence-corrected chi connectivity index (χ4v) is 3.15. The Morgan fingerprint density at radius 2 is 2.00 bits per heavy atom. The molecule has 2 heterocycles. The normalized spacial score (nSPS) is 16.1. The van der Waals surface area contributed by atoms with E-state index in [1.54, 1.807) is 6.92 Å². The van der Waals surface area contributed by atoms with Gasteiger partial charge in [0.15, 0.2) is 0 Å². The first kappa shape index (κ1) is 17.6. The van der Waals surface area contributed by atoms with E-state index in [-0.39, 0.29) is 5.91 Å². The van der Waals surface area contributed by atoms with E-state index in [9.17, 15) is 4.79 Å². The predicted molar refractivity (Wildman–Crippen MR) is 95.8 cm³/mol. The topological polar surface area (TPSA) is 71.3 Å². The average molecular weight is 342 g/mol. The van der Waals surface area contributed by atoms with Crippen molar-refractivity contribution in [3.05, 3.63) is 35.7 Å². The number of amides is 1. The zero-order valence-corrected chi connectivity index (χ0v) is 15.0. The molecular formula is C19H26N4O2. The molecule has 1 fully saturated rings. The van der Waals surface area contributed by atoms with Crippen LogP contribution in [0.2, 0.25) is 0 Å². The lowest BCUT2D eigenvalue weighted by atomic mass is 9.97. The molecule has 1 aromatic heterocycles. The molecule has 1 aliphatic rings. The third-order valence-electron chi connectivity index (χ3n) is 4.79. The lowest BCUT2D eigenvalue weighted by Gasteiger charge is -2.30. The number of benzene rings is 1. The Morgan fingerprint density at radius 3 is 2.64 bits per heavy atom. The molecule has 0 saturated carbocycles. The Hall–Kier alpha value is -2.21. The van der Waals surface area contributed by atoms with Crippen LogP contribution in [0.25, 0.3) is 11.4 Å². The second-order valence-corrected chi connectivity index (χ2v) is 6.72. The highest BCUT2D eigenvalue weighted by Crippen LogP contribution is 2.20. The quantitative estimate of drug-likeness (QED) is 0.874. The number of aryl methyl sites for hydroxylation is 1. The van der Waals surface area contributed by atoms with Crippen molar-refractivity contribution in [1.29, 1.82) is 0 Å². The van der Waals surface area contributed by atoms with E-state index in [2.05, 4.69) is 39.4 Å². The fraction of sp³-hybridized carbons (Fsp3) is 0.526. The third kappa shape index (κ3) is 4.89. The Balaban J connectivity index is 1.51. The van der Waals surface area contributed by atoms with Crippen LogP contribution in [0, 0.1) is 5.92 Å². The van der Waals surface area contributed by atoms with Gasteiger partial charge in [0.1, 0.15) is 0 Å². The monoisotopic (exact) mass is 342 g/mol. The molecule has 2 aromatic rings. The van der Waals surface area contributed by atoms with Crippen LogP contribution < -0.4 is 5.32 Å². The zero-order valence-electron chi connectivity index (χ0n) is 15.0. The minimum atomic E-state index is 0.0489. The molecule has 0 bridgehead atoms. The molecule has 3 rings (SSSR count). The van der Waals surface area contributed by atoms with E-state index in [1.165, 1.54) is 5.56 Å². The van der Waals surface area contributed by atoms with Crippen LogP contribution in [0.3, 0.4) is 0 Å². The maximum absolute atomic E-state index is 11.0. The number of aromatic nitrogens is 2. The van der Waals surface area contributed by atoms with Crippen molar-refractivity contribution in [1.82, 2.24) is 20.4 Å². The minimum Gasteiger partial charge on any atom is -0.356 e.